The maximum absolute atomic E-state index is 13.6. The molecule has 0 aliphatic carbocycles. The molecule has 104 valence electrons. The fraction of sp³-hybridized carbons (Fsp3) is 0.500. The number of halogens is 1. The lowest BCUT2D eigenvalue weighted by Gasteiger charge is -2.35. The van der Waals surface area contributed by atoms with Crippen molar-refractivity contribution in [3.63, 3.8) is 0 Å². The zero-order valence-electron chi connectivity index (χ0n) is 11.2. The van der Waals surface area contributed by atoms with E-state index >= 15 is 0 Å². The number of nitrogens with zero attached hydrogens (tertiary/aromatic N) is 2. The maximum atomic E-state index is 13.6. The summed E-state index contributed by atoms with van der Waals surface area (Å²) in [5, 5.41) is 0. The van der Waals surface area contributed by atoms with Crippen molar-refractivity contribution >= 4 is 5.91 Å². The van der Waals surface area contributed by atoms with Gasteiger partial charge in [0.15, 0.2) is 0 Å². The van der Waals surface area contributed by atoms with Crippen molar-refractivity contribution in [1.29, 1.82) is 0 Å². The minimum Gasteiger partial charge on any atom is -0.340 e. The van der Waals surface area contributed by atoms with Gasteiger partial charge in [0.2, 0.25) is 5.91 Å². The third-order valence-corrected chi connectivity index (χ3v) is 3.58. The van der Waals surface area contributed by atoms with Gasteiger partial charge in [-0.3, -0.25) is 9.69 Å². The molecule has 1 fully saturated rings. The predicted molar refractivity (Wildman–Crippen MR) is 72.0 cm³/mol. The first-order valence-corrected chi connectivity index (χ1v) is 6.56. The first-order chi connectivity index (χ1) is 9.08. The number of carbonyl (C=O) groups excluding carboxylic acids is 1. The normalized spacial score (nSPS) is 18.4. The Kier molecular flexibility index (Phi) is 4.50. The molecule has 2 N–H and O–H groups in total. The molecule has 0 saturated carbocycles. The van der Waals surface area contributed by atoms with Gasteiger partial charge in [-0.2, -0.15) is 0 Å². The summed E-state index contributed by atoms with van der Waals surface area (Å²) < 4.78 is 13.6. The SMILES string of the molecule is CC(=O)N1CCN(CC(N)c2ccccc2F)CC1. The number of amides is 1. The third-order valence-electron chi connectivity index (χ3n) is 3.58. The lowest BCUT2D eigenvalue weighted by Crippen LogP contribution is -2.49. The molecule has 0 radical (unpaired) electrons. The number of carbonyl (C=O) groups is 1. The second kappa shape index (κ2) is 6.12. The van der Waals surface area contributed by atoms with Crippen molar-refractivity contribution in [2.45, 2.75) is 13.0 Å². The summed E-state index contributed by atoms with van der Waals surface area (Å²) in [6, 6.07) is 6.29. The number of nitrogens with two attached hydrogens (primary N) is 1. The van der Waals surface area contributed by atoms with Crippen molar-refractivity contribution in [1.82, 2.24) is 9.80 Å². The van der Waals surface area contributed by atoms with Crippen LogP contribution in [0.25, 0.3) is 0 Å². The standard InChI is InChI=1S/C14H20FN3O/c1-11(19)18-8-6-17(7-9-18)10-14(16)12-4-2-3-5-13(12)15/h2-5,14H,6-10,16H2,1H3. The molecular formula is C14H20FN3O. The average molecular weight is 265 g/mol. The van der Waals surface area contributed by atoms with Crippen LogP contribution in [0.4, 0.5) is 4.39 Å². The van der Waals surface area contributed by atoms with Crippen molar-refractivity contribution in [3.05, 3.63) is 35.6 Å². The van der Waals surface area contributed by atoms with Gasteiger partial charge in [0.05, 0.1) is 0 Å². The topological polar surface area (TPSA) is 49.6 Å². The molecular weight excluding hydrogens is 245 g/mol. The van der Waals surface area contributed by atoms with E-state index in [2.05, 4.69) is 4.90 Å². The van der Waals surface area contributed by atoms with Crippen LogP contribution >= 0.6 is 0 Å². The van der Waals surface area contributed by atoms with E-state index in [4.69, 9.17) is 5.73 Å². The molecule has 1 unspecified atom stereocenters. The molecule has 0 bridgehead atoms. The minimum atomic E-state index is -0.329. The maximum Gasteiger partial charge on any atom is 0.219 e. The summed E-state index contributed by atoms with van der Waals surface area (Å²) in [4.78, 5) is 15.2. The third kappa shape index (κ3) is 3.52. The summed E-state index contributed by atoms with van der Waals surface area (Å²) in [7, 11) is 0. The summed E-state index contributed by atoms with van der Waals surface area (Å²) in [6.07, 6.45) is 0. The highest BCUT2D eigenvalue weighted by Gasteiger charge is 2.21. The molecule has 5 heteroatoms. The molecule has 1 amide bonds. The molecule has 1 saturated heterocycles. The van der Waals surface area contributed by atoms with Gasteiger partial charge in [-0.05, 0) is 6.07 Å². The zero-order valence-corrected chi connectivity index (χ0v) is 11.2. The van der Waals surface area contributed by atoms with Crippen molar-refractivity contribution in [2.75, 3.05) is 32.7 Å². The van der Waals surface area contributed by atoms with E-state index in [1.165, 1.54) is 6.07 Å². The number of piperazine rings is 1. The van der Waals surface area contributed by atoms with E-state index in [1.807, 2.05) is 4.90 Å². The first kappa shape index (κ1) is 14.0. The van der Waals surface area contributed by atoms with Crippen molar-refractivity contribution < 1.29 is 9.18 Å². The molecule has 1 aromatic rings. The zero-order chi connectivity index (χ0) is 13.8. The number of hydrogen-bond donors (Lipinski definition) is 1. The molecule has 1 heterocycles. The van der Waals surface area contributed by atoms with Gasteiger partial charge in [0.25, 0.3) is 0 Å². The highest BCUT2D eigenvalue weighted by Crippen LogP contribution is 2.16. The molecule has 0 aromatic heterocycles. The Bertz CT molecular complexity index is 444. The average Bonchev–Trinajstić information content (AvgIpc) is 2.39. The Hall–Kier alpha value is -1.46. The molecule has 2 rings (SSSR count). The summed E-state index contributed by atoms with van der Waals surface area (Å²) >= 11 is 0. The van der Waals surface area contributed by atoms with Crippen LogP contribution < -0.4 is 5.73 Å². The molecule has 1 atom stereocenters. The highest BCUT2D eigenvalue weighted by molar-refractivity contribution is 5.73. The van der Waals surface area contributed by atoms with E-state index in [0.29, 0.717) is 12.1 Å². The smallest absolute Gasteiger partial charge is 0.219 e. The number of rotatable bonds is 3. The quantitative estimate of drug-likeness (QED) is 0.886. The van der Waals surface area contributed by atoms with Gasteiger partial charge in [0, 0.05) is 51.3 Å². The van der Waals surface area contributed by atoms with Gasteiger partial charge in [-0.25, -0.2) is 4.39 Å². The summed E-state index contributed by atoms with van der Waals surface area (Å²) in [5.41, 5.74) is 6.61. The van der Waals surface area contributed by atoms with E-state index in [1.54, 1.807) is 25.1 Å². The molecule has 1 aromatic carbocycles. The van der Waals surface area contributed by atoms with Gasteiger partial charge in [-0.1, -0.05) is 18.2 Å². The molecule has 1 aliphatic heterocycles. The Morgan fingerprint density at radius 2 is 1.95 bits per heavy atom. The lowest BCUT2D eigenvalue weighted by atomic mass is 10.1. The second-order valence-electron chi connectivity index (χ2n) is 4.93. The van der Waals surface area contributed by atoms with Crippen LogP contribution in [0.3, 0.4) is 0 Å². The van der Waals surface area contributed by atoms with E-state index < -0.39 is 0 Å². The monoisotopic (exact) mass is 265 g/mol. The van der Waals surface area contributed by atoms with Crippen LogP contribution in [0.1, 0.15) is 18.5 Å². The van der Waals surface area contributed by atoms with Crippen LogP contribution in [0.5, 0.6) is 0 Å². The van der Waals surface area contributed by atoms with Crippen LogP contribution in [-0.2, 0) is 4.79 Å². The van der Waals surface area contributed by atoms with Gasteiger partial charge in [-0.15, -0.1) is 0 Å². The minimum absolute atomic E-state index is 0.109. The van der Waals surface area contributed by atoms with Crippen LogP contribution in [0.15, 0.2) is 24.3 Å². The first-order valence-electron chi connectivity index (χ1n) is 6.56. The van der Waals surface area contributed by atoms with Gasteiger partial charge in [0.1, 0.15) is 5.82 Å². The fourth-order valence-corrected chi connectivity index (χ4v) is 2.40. The Labute approximate surface area is 113 Å². The van der Waals surface area contributed by atoms with Crippen LogP contribution in [-0.4, -0.2) is 48.4 Å². The number of hydrogen-bond acceptors (Lipinski definition) is 3. The lowest BCUT2D eigenvalue weighted by molar-refractivity contribution is -0.130. The fourth-order valence-electron chi connectivity index (χ4n) is 2.40. The van der Waals surface area contributed by atoms with E-state index in [9.17, 15) is 9.18 Å². The second-order valence-corrected chi connectivity index (χ2v) is 4.93. The van der Waals surface area contributed by atoms with Crippen LogP contribution in [0, 0.1) is 5.82 Å². The largest absolute Gasteiger partial charge is 0.340 e. The molecule has 0 spiro atoms. The summed E-state index contributed by atoms with van der Waals surface area (Å²) in [5.74, 6) is -0.143. The Morgan fingerprint density at radius 1 is 1.32 bits per heavy atom. The number of benzene rings is 1. The molecule has 1 aliphatic rings. The highest BCUT2D eigenvalue weighted by atomic mass is 19.1. The predicted octanol–water partition coefficient (Wildman–Crippen LogP) is 0.990. The Morgan fingerprint density at radius 3 is 2.53 bits per heavy atom. The van der Waals surface area contributed by atoms with Crippen molar-refractivity contribution in [3.8, 4) is 0 Å². The van der Waals surface area contributed by atoms with E-state index in [0.717, 1.165) is 26.2 Å². The van der Waals surface area contributed by atoms with E-state index in [-0.39, 0.29) is 17.8 Å². The van der Waals surface area contributed by atoms with Crippen molar-refractivity contribution in [2.24, 2.45) is 5.73 Å². The molecule has 4 nitrogen and oxygen atoms in total. The summed E-state index contributed by atoms with van der Waals surface area (Å²) in [6.45, 7) is 5.23. The van der Waals surface area contributed by atoms with Crippen LogP contribution in [0.2, 0.25) is 0 Å². The molecule has 19 heavy (non-hydrogen) atoms. The van der Waals surface area contributed by atoms with Gasteiger partial charge < -0.3 is 10.6 Å². The van der Waals surface area contributed by atoms with Gasteiger partial charge >= 0.3 is 0 Å². The Balaban J connectivity index is 1.89.